The van der Waals surface area contributed by atoms with Gasteiger partial charge in [-0.2, -0.15) is 0 Å². The van der Waals surface area contributed by atoms with Gasteiger partial charge in [-0.3, -0.25) is 0 Å². The van der Waals surface area contributed by atoms with E-state index in [2.05, 4.69) is 11.8 Å². The molecule has 1 heterocycles. The number of hydrogen-bond acceptors (Lipinski definition) is 2. The second-order valence-electron chi connectivity index (χ2n) is 6.10. The lowest BCUT2D eigenvalue weighted by atomic mass is 9.92. The predicted octanol–water partition coefficient (Wildman–Crippen LogP) is 3.62. The fourth-order valence-electron chi connectivity index (χ4n) is 3.11. The molecule has 0 saturated carbocycles. The smallest absolute Gasteiger partial charge is 0.129 e. The van der Waals surface area contributed by atoms with Crippen molar-refractivity contribution in [2.75, 3.05) is 19.6 Å². The molecule has 0 aromatic heterocycles. The van der Waals surface area contributed by atoms with Crippen molar-refractivity contribution in [3.8, 4) is 0 Å². The van der Waals surface area contributed by atoms with Gasteiger partial charge in [-0.05, 0) is 43.8 Å². The van der Waals surface area contributed by atoms with E-state index in [9.17, 15) is 9.50 Å². The molecule has 0 amide bonds. The zero-order valence-electron chi connectivity index (χ0n) is 12.6. The molecule has 1 saturated heterocycles. The lowest BCUT2D eigenvalue weighted by Crippen LogP contribution is -2.37. The molecular weight excluding hydrogens is 253 g/mol. The van der Waals surface area contributed by atoms with Crippen molar-refractivity contribution in [2.45, 2.75) is 39.2 Å². The number of rotatable bonds is 5. The van der Waals surface area contributed by atoms with Crippen LogP contribution in [0.15, 0.2) is 24.3 Å². The van der Waals surface area contributed by atoms with E-state index < -0.39 is 6.10 Å². The van der Waals surface area contributed by atoms with E-state index in [4.69, 9.17) is 0 Å². The molecule has 112 valence electrons. The molecule has 2 rings (SSSR count). The topological polar surface area (TPSA) is 23.5 Å². The highest BCUT2D eigenvalue weighted by atomic mass is 19.1. The molecule has 1 N–H and O–H groups in total. The Hall–Kier alpha value is -0.930. The summed E-state index contributed by atoms with van der Waals surface area (Å²) in [6, 6.07) is 6.53. The van der Waals surface area contributed by atoms with E-state index in [0.29, 0.717) is 5.56 Å². The number of aliphatic hydroxyl groups is 1. The minimum atomic E-state index is -0.722. The monoisotopic (exact) mass is 279 g/mol. The van der Waals surface area contributed by atoms with Gasteiger partial charge in [0.2, 0.25) is 0 Å². The van der Waals surface area contributed by atoms with Crippen LogP contribution in [0.1, 0.15) is 44.8 Å². The molecule has 0 aliphatic carbocycles. The number of halogens is 1. The van der Waals surface area contributed by atoms with Crippen molar-refractivity contribution in [3.05, 3.63) is 35.6 Å². The predicted molar refractivity (Wildman–Crippen MR) is 80.0 cm³/mol. The van der Waals surface area contributed by atoms with Crippen LogP contribution < -0.4 is 0 Å². The van der Waals surface area contributed by atoms with Crippen LogP contribution in [-0.2, 0) is 0 Å². The molecule has 2 atom stereocenters. The summed E-state index contributed by atoms with van der Waals surface area (Å²) in [5.74, 6) is 0.597. The van der Waals surface area contributed by atoms with Crippen molar-refractivity contribution in [3.63, 3.8) is 0 Å². The summed E-state index contributed by atoms with van der Waals surface area (Å²) in [5.41, 5.74) is 0.420. The highest BCUT2D eigenvalue weighted by Crippen LogP contribution is 2.27. The molecule has 20 heavy (non-hydrogen) atoms. The summed E-state index contributed by atoms with van der Waals surface area (Å²) in [7, 11) is 0. The first-order valence-electron chi connectivity index (χ1n) is 7.76. The molecule has 1 aliphatic rings. The highest BCUT2D eigenvalue weighted by Gasteiger charge is 2.24. The summed E-state index contributed by atoms with van der Waals surface area (Å²) < 4.78 is 13.7. The zero-order valence-corrected chi connectivity index (χ0v) is 12.6. The van der Waals surface area contributed by atoms with Crippen molar-refractivity contribution in [1.29, 1.82) is 0 Å². The summed E-state index contributed by atoms with van der Waals surface area (Å²) in [6.07, 6.45) is 3.04. The molecule has 1 fully saturated rings. The standard InChI is InChI=1S/C17H26FNO/c1-3-14-8-10-19(11-9-14)12-13(2)17(20)15-6-4-5-7-16(15)18/h4-7,13-14,17,20H,3,8-12H2,1-2H3. The Balaban J connectivity index is 1.89. The maximum absolute atomic E-state index is 13.7. The number of hydrogen-bond donors (Lipinski definition) is 1. The average molecular weight is 279 g/mol. The Morgan fingerprint density at radius 2 is 1.95 bits per heavy atom. The van der Waals surface area contributed by atoms with E-state index in [1.807, 2.05) is 6.92 Å². The van der Waals surface area contributed by atoms with Gasteiger partial charge in [0.1, 0.15) is 5.82 Å². The minimum Gasteiger partial charge on any atom is -0.388 e. The number of aliphatic hydroxyl groups excluding tert-OH is 1. The number of benzene rings is 1. The van der Waals surface area contributed by atoms with Crippen LogP contribution in [0.3, 0.4) is 0 Å². The molecule has 3 heteroatoms. The minimum absolute atomic E-state index is 0.0464. The molecule has 0 spiro atoms. The van der Waals surface area contributed by atoms with Gasteiger partial charge in [-0.1, -0.05) is 38.5 Å². The SMILES string of the molecule is CCC1CCN(CC(C)C(O)c2ccccc2F)CC1. The Labute approximate surface area is 121 Å². The molecule has 1 aromatic rings. The largest absolute Gasteiger partial charge is 0.388 e. The lowest BCUT2D eigenvalue weighted by Gasteiger charge is -2.34. The Morgan fingerprint density at radius 1 is 1.30 bits per heavy atom. The summed E-state index contributed by atoms with van der Waals surface area (Å²) in [4.78, 5) is 2.40. The van der Waals surface area contributed by atoms with Gasteiger partial charge < -0.3 is 10.0 Å². The zero-order chi connectivity index (χ0) is 14.5. The molecular formula is C17H26FNO. The molecule has 1 aliphatic heterocycles. The van der Waals surface area contributed by atoms with E-state index in [1.165, 1.54) is 25.3 Å². The van der Waals surface area contributed by atoms with Gasteiger partial charge >= 0.3 is 0 Å². The third kappa shape index (κ3) is 3.80. The third-order valence-corrected chi connectivity index (χ3v) is 4.59. The lowest BCUT2D eigenvalue weighted by molar-refractivity contribution is 0.0725. The Morgan fingerprint density at radius 3 is 2.55 bits per heavy atom. The van der Waals surface area contributed by atoms with E-state index in [0.717, 1.165) is 25.6 Å². The maximum atomic E-state index is 13.7. The number of nitrogens with zero attached hydrogens (tertiary/aromatic N) is 1. The second kappa shape index (κ2) is 7.19. The van der Waals surface area contributed by atoms with Crippen LogP contribution in [-0.4, -0.2) is 29.6 Å². The van der Waals surface area contributed by atoms with Crippen LogP contribution in [0, 0.1) is 17.7 Å². The summed E-state index contributed by atoms with van der Waals surface area (Å²) in [6.45, 7) is 7.31. The fraction of sp³-hybridized carbons (Fsp3) is 0.647. The van der Waals surface area contributed by atoms with E-state index in [1.54, 1.807) is 18.2 Å². The van der Waals surface area contributed by atoms with Crippen molar-refractivity contribution in [2.24, 2.45) is 11.8 Å². The highest BCUT2D eigenvalue weighted by molar-refractivity contribution is 5.20. The normalized spacial score (nSPS) is 20.8. The second-order valence-corrected chi connectivity index (χ2v) is 6.10. The molecule has 2 unspecified atom stereocenters. The van der Waals surface area contributed by atoms with E-state index in [-0.39, 0.29) is 11.7 Å². The molecule has 1 aromatic carbocycles. The van der Waals surface area contributed by atoms with Gasteiger partial charge in [0.25, 0.3) is 0 Å². The van der Waals surface area contributed by atoms with Crippen LogP contribution in [0.4, 0.5) is 4.39 Å². The Kier molecular flexibility index (Phi) is 5.55. The maximum Gasteiger partial charge on any atom is 0.129 e. The quantitative estimate of drug-likeness (QED) is 0.890. The van der Waals surface area contributed by atoms with Crippen molar-refractivity contribution in [1.82, 2.24) is 4.90 Å². The average Bonchev–Trinajstić information content (AvgIpc) is 2.48. The fourth-order valence-corrected chi connectivity index (χ4v) is 3.11. The van der Waals surface area contributed by atoms with E-state index >= 15 is 0 Å². The number of likely N-dealkylation sites (tertiary alicyclic amines) is 1. The van der Waals surface area contributed by atoms with Gasteiger partial charge in [-0.25, -0.2) is 4.39 Å². The first-order chi connectivity index (χ1) is 9.61. The summed E-state index contributed by atoms with van der Waals surface area (Å²) >= 11 is 0. The van der Waals surface area contributed by atoms with Gasteiger partial charge in [0.05, 0.1) is 6.10 Å². The third-order valence-electron chi connectivity index (χ3n) is 4.59. The van der Waals surface area contributed by atoms with Crippen LogP contribution in [0.25, 0.3) is 0 Å². The molecule has 2 nitrogen and oxygen atoms in total. The first-order valence-corrected chi connectivity index (χ1v) is 7.76. The van der Waals surface area contributed by atoms with Crippen molar-refractivity contribution >= 4 is 0 Å². The van der Waals surface area contributed by atoms with Crippen LogP contribution >= 0.6 is 0 Å². The number of piperidine rings is 1. The van der Waals surface area contributed by atoms with Gasteiger partial charge in [0, 0.05) is 12.1 Å². The Bertz CT molecular complexity index is 415. The van der Waals surface area contributed by atoms with Crippen molar-refractivity contribution < 1.29 is 9.50 Å². The molecule has 0 radical (unpaired) electrons. The summed E-state index contributed by atoms with van der Waals surface area (Å²) in [5, 5.41) is 10.3. The first kappa shape index (κ1) is 15.5. The molecule has 0 bridgehead atoms. The van der Waals surface area contributed by atoms with Crippen LogP contribution in [0.5, 0.6) is 0 Å². The van der Waals surface area contributed by atoms with Crippen LogP contribution in [0.2, 0.25) is 0 Å². The van der Waals surface area contributed by atoms with Gasteiger partial charge in [0.15, 0.2) is 0 Å². The van der Waals surface area contributed by atoms with Gasteiger partial charge in [-0.15, -0.1) is 0 Å².